The van der Waals surface area contributed by atoms with Gasteiger partial charge in [-0.05, 0) is 55.0 Å². The summed E-state index contributed by atoms with van der Waals surface area (Å²) in [7, 11) is 0. The molecule has 1 atom stereocenters. The quantitative estimate of drug-likeness (QED) is 0.808. The highest BCUT2D eigenvalue weighted by molar-refractivity contribution is 5.27. The summed E-state index contributed by atoms with van der Waals surface area (Å²) in [6.07, 6.45) is 6.43. The van der Waals surface area contributed by atoms with Crippen molar-refractivity contribution in [2.24, 2.45) is 11.8 Å². The molecule has 1 aromatic rings. The van der Waals surface area contributed by atoms with Crippen molar-refractivity contribution in [3.05, 3.63) is 35.1 Å². The van der Waals surface area contributed by atoms with Crippen LogP contribution in [0.2, 0.25) is 0 Å². The van der Waals surface area contributed by atoms with Crippen molar-refractivity contribution in [3.63, 3.8) is 0 Å². The molecule has 1 nitrogen and oxygen atoms in total. The lowest BCUT2D eigenvalue weighted by Crippen LogP contribution is -2.33. The molecule has 0 saturated heterocycles. The number of hydrogen-bond acceptors (Lipinski definition) is 1. The first kappa shape index (κ1) is 15.5. The van der Waals surface area contributed by atoms with Gasteiger partial charge in [0, 0.05) is 6.04 Å². The normalized spacial score (nSPS) is 17.9. The zero-order valence-electron chi connectivity index (χ0n) is 13.1. The van der Waals surface area contributed by atoms with Crippen molar-refractivity contribution in [3.8, 4) is 0 Å². The summed E-state index contributed by atoms with van der Waals surface area (Å²) >= 11 is 0. The molecule has 1 aliphatic carbocycles. The van der Waals surface area contributed by atoms with Crippen molar-refractivity contribution in [2.45, 2.75) is 58.9 Å². The minimum Gasteiger partial charge on any atom is -0.314 e. The number of benzene rings is 1. The summed E-state index contributed by atoms with van der Waals surface area (Å²) < 4.78 is 13.5. The van der Waals surface area contributed by atoms with Crippen LogP contribution in [-0.2, 0) is 6.42 Å². The van der Waals surface area contributed by atoms with E-state index in [9.17, 15) is 4.39 Å². The second kappa shape index (κ2) is 7.21. The van der Waals surface area contributed by atoms with Gasteiger partial charge in [0.25, 0.3) is 0 Å². The predicted molar refractivity (Wildman–Crippen MR) is 83.4 cm³/mol. The Morgan fingerprint density at radius 3 is 2.60 bits per heavy atom. The van der Waals surface area contributed by atoms with Gasteiger partial charge in [-0.3, -0.25) is 0 Å². The van der Waals surface area contributed by atoms with E-state index in [1.807, 2.05) is 6.07 Å². The van der Waals surface area contributed by atoms with Gasteiger partial charge < -0.3 is 5.32 Å². The van der Waals surface area contributed by atoms with Crippen molar-refractivity contribution in [1.82, 2.24) is 5.32 Å². The summed E-state index contributed by atoms with van der Waals surface area (Å²) in [4.78, 5) is 0. The Bertz CT molecular complexity index is 421. The predicted octanol–water partition coefficient (Wildman–Crippen LogP) is 4.48. The molecule has 20 heavy (non-hydrogen) atoms. The van der Waals surface area contributed by atoms with Crippen LogP contribution in [0, 0.1) is 24.6 Å². The Labute approximate surface area is 123 Å². The Morgan fingerprint density at radius 1 is 1.25 bits per heavy atom. The van der Waals surface area contributed by atoms with Crippen molar-refractivity contribution < 1.29 is 4.39 Å². The number of rotatable bonds is 6. The molecule has 0 aliphatic heterocycles. The molecule has 1 saturated carbocycles. The van der Waals surface area contributed by atoms with Crippen molar-refractivity contribution in [1.29, 1.82) is 0 Å². The van der Waals surface area contributed by atoms with E-state index in [1.165, 1.54) is 36.8 Å². The van der Waals surface area contributed by atoms with Crippen LogP contribution in [0.25, 0.3) is 0 Å². The molecule has 1 aliphatic rings. The molecule has 1 N–H and O–H groups in total. The maximum Gasteiger partial charge on any atom is 0.123 e. The lowest BCUT2D eigenvalue weighted by atomic mass is 9.84. The lowest BCUT2D eigenvalue weighted by Gasteiger charge is -2.26. The minimum atomic E-state index is -0.104. The molecule has 1 fully saturated rings. The summed E-state index contributed by atoms with van der Waals surface area (Å²) in [5, 5.41) is 3.58. The van der Waals surface area contributed by atoms with Crippen LogP contribution < -0.4 is 5.32 Å². The van der Waals surface area contributed by atoms with Crippen LogP contribution in [0.1, 0.15) is 50.7 Å². The van der Waals surface area contributed by atoms with Gasteiger partial charge in [0.2, 0.25) is 0 Å². The van der Waals surface area contributed by atoms with E-state index in [4.69, 9.17) is 0 Å². The van der Waals surface area contributed by atoms with Gasteiger partial charge in [0.1, 0.15) is 5.82 Å². The Balaban J connectivity index is 2.07. The minimum absolute atomic E-state index is 0.104. The molecule has 1 unspecified atom stereocenters. The van der Waals surface area contributed by atoms with Gasteiger partial charge in [-0.2, -0.15) is 0 Å². The molecule has 0 bridgehead atoms. The number of nitrogens with one attached hydrogen (secondary N) is 1. The highest BCUT2D eigenvalue weighted by atomic mass is 19.1. The molecule has 0 amide bonds. The Kier molecular flexibility index (Phi) is 5.59. The van der Waals surface area contributed by atoms with E-state index in [0.29, 0.717) is 12.0 Å². The van der Waals surface area contributed by atoms with Gasteiger partial charge in [0.15, 0.2) is 0 Å². The van der Waals surface area contributed by atoms with Crippen LogP contribution in [0.5, 0.6) is 0 Å². The lowest BCUT2D eigenvalue weighted by molar-refractivity contribution is 0.312. The summed E-state index contributed by atoms with van der Waals surface area (Å²) in [6, 6.07) is 5.72. The first-order valence-corrected chi connectivity index (χ1v) is 8.04. The Hall–Kier alpha value is -0.890. The van der Waals surface area contributed by atoms with Gasteiger partial charge >= 0.3 is 0 Å². The van der Waals surface area contributed by atoms with E-state index >= 15 is 0 Å². The van der Waals surface area contributed by atoms with E-state index in [-0.39, 0.29) is 5.82 Å². The van der Waals surface area contributed by atoms with Gasteiger partial charge in [-0.1, -0.05) is 45.6 Å². The van der Waals surface area contributed by atoms with Crippen molar-refractivity contribution >= 4 is 0 Å². The van der Waals surface area contributed by atoms with Gasteiger partial charge in [0.05, 0.1) is 0 Å². The second-order valence-electron chi connectivity index (χ2n) is 6.64. The van der Waals surface area contributed by atoms with Crippen LogP contribution in [0.4, 0.5) is 4.39 Å². The monoisotopic (exact) mass is 277 g/mol. The third kappa shape index (κ3) is 4.31. The molecule has 2 heteroatoms. The zero-order valence-corrected chi connectivity index (χ0v) is 13.1. The number of aryl methyl sites for hydroxylation is 1. The molecule has 0 heterocycles. The largest absolute Gasteiger partial charge is 0.314 e. The molecular formula is C18H28FN. The highest BCUT2D eigenvalue weighted by Crippen LogP contribution is 2.33. The average molecular weight is 277 g/mol. The molecule has 112 valence electrons. The Morgan fingerprint density at radius 2 is 1.95 bits per heavy atom. The van der Waals surface area contributed by atoms with Gasteiger partial charge in [-0.15, -0.1) is 0 Å². The standard InChI is InChI=1S/C18H28FN/c1-13(2)20-12-17(15-6-4-5-7-15)10-16-11-18(19)9-8-14(16)3/h8-9,11,13,15,17,20H,4-7,10,12H2,1-3H3. The number of hydrogen-bond donors (Lipinski definition) is 1. The molecule has 1 aromatic carbocycles. The third-order valence-corrected chi connectivity index (χ3v) is 4.65. The first-order chi connectivity index (χ1) is 9.56. The summed E-state index contributed by atoms with van der Waals surface area (Å²) in [5.74, 6) is 1.34. The maximum absolute atomic E-state index is 13.5. The fourth-order valence-electron chi connectivity index (χ4n) is 3.36. The van der Waals surface area contributed by atoms with Crippen LogP contribution in [-0.4, -0.2) is 12.6 Å². The smallest absolute Gasteiger partial charge is 0.123 e. The topological polar surface area (TPSA) is 12.0 Å². The van der Waals surface area contributed by atoms with Crippen molar-refractivity contribution in [2.75, 3.05) is 6.54 Å². The van der Waals surface area contributed by atoms with Crippen LogP contribution in [0.3, 0.4) is 0 Å². The zero-order chi connectivity index (χ0) is 14.5. The first-order valence-electron chi connectivity index (χ1n) is 8.04. The number of halogens is 1. The fraction of sp³-hybridized carbons (Fsp3) is 0.667. The van der Waals surface area contributed by atoms with E-state index in [0.717, 1.165) is 18.9 Å². The van der Waals surface area contributed by atoms with Gasteiger partial charge in [-0.25, -0.2) is 4.39 Å². The molecule has 0 radical (unpaired) electrons. The maximum atomic E-state index is 13.5. The molecule has 0 spiro atoms. The SMILES string of the molecule is Cc1ccc(F)cc1CC(CNC(C)C)C1CCCC1. The highest BCUT2D eigenvalue weighted by Gasteiger charge is 2.25. The van der Waals surface area contributed by atoms with Crippen LogP contribution >= 0.6 is 0 Å². The average Bonchev–Trinajstić information content (AvgIpc) is 2.92. The third-order valence-electron chi connectivity index (χ3n) is 4.65. The molecular weight excluding hydrogens is 249 g/mol. The van der Waals surface area contributed by atoms with Crippen LogP contribution in [0.15, 0.2) is 18.2 Å². The van der Waals surface area contributed by atoms with E-state index < -0.39 is 0 Å². The summed E-state index contributed by atoms with van der Waals surface area (Å²) in [6.45, 7) is 7.53. The second-order valence-corrected chi connectivity index (χ2v) is 6.64. The molecule has 0 aromatic heterocycles. The fourth-order valence-corrected chi connectivity index (χ4v) is 3.36. The van der Waals surface area contributed by atoms with E-state index in [1.54, 1.807) is 12.1 Å². The van der Waals surface area contributed by atoms with E-state index in [2.05, 4.69) is 26.1 Å². The molecule has 2 rings (SSSR count). The summed E-state index contributed by atoms with van der Waals surface area (Å²) in [5.41, 5.74) is 2.41.